The van der Waals surface area contributed by atoms with Crippen molar-refractivity contribution in [2.75, 3.05) is 19.7 Å². The van der Waals surface area contributed by atoms with Crippen LogP contribution in [-0.2, 0) is 6.54 Å². The standard InChI is InChI=1S/C16H21N3O2/c20-11-13-5-3-4-8-18(13)9-10-19-12-17-15-7-2-1-6-14(15)16(19)21/h1-2,6-7,12-13,20H,3-5,8-11H2/t13-/m0/s1. The van der Waals surface area contributed by atoms with Crippen LogP contribution in [0.5, 0.6) is 0 Å². The van der Waals surface area contributed by atoms with E-state index in [1.165, 1.54) is 12.8 Å². The molecule has 1 aliphatic rings. The molecule has 0 saturated carbocycles. The minimum absolute atomic E-state index is 0.0122. The predicted molar refractivity (Wildman–Crippen MR) is 82.3 cm³/mol. The van der Waals surface area contributed by atoms with Crippen LogP contribution in [0.4, 0.5) is 0 Å². The number of hydrogen-bond acceptors (Lipinski definition) is 4. The van der Waals surface area contributed by atoms with E-state index in [2.05, 4.69) is 9.88 Å². The maximum absolute atomic E-state index is 12.4. The third kappa shape index (κ3) is 2.99. The van der Waals surface area contributed by atoms with Crippen molar-refractivity contribution in [1.82, 2.24) is 14.5 Å². The molecule has 3 rings (SSSR count). The average molecular weight is 287 g/mol. The van der Waals surface area contributed by atoms with E-state index in [0.717, 1.165) is 25.0 Å². The van der Waals surface area contributed by atoms with E-state index in [-0.39, 0.29) is 18.2 Å². The van der Waals surface area contributed by atoms with E-state index in [0.29, 0.717) is 11.9 Å². The quantitative estimate of drug-likeness (QED) is 0.919. The Morgan fingerprint density at radius 3 is 2.95 bits per heavy atom. The monoisotopic (exact) mass is 287 g/mol. The van der Waals surface area contributed by atoms with Crippen LogP contribution in [0.2, 0.25) is 0 Å². The van der Waals surface area contributed by atoms with Gasteiger partial charge in [-0.1, -0.05) is 18.6 Å². The molecule has 2 heterocycles. The number of aliphatic hydroxyl groups is 1. The Bertz CT molecular complexity index is 668. The van der Waals surface area contributed by atoms with Crippen LogP contribution in [0.15, 0.2) is 35.4 Å². The van der Waals surface area contributed by atoms with Crippen molar-refractivity contribution in [2.45, 2.75) is 31.8 Å². The molecule has 5 nitrogen and oxygen atoms in total. The zero-order chi connectivity index (χ0) is 14.7. The van der Waals surface area contributed by atoms with Crippen LogP contribution < -0.4 is 5.56 Å². The molecule has 1 aromatic carbocycles. The Morgan fingerprint density at radius 1 is 1.24 bits per heavy atom. The number of rotatable bonds is 4. The van der Waals surface area contributed by atoms with Crippen molar-refractivity contribution in [3.8, 4) is 0 Å². The highest BCUT2D eigenvalue weighted by molar-refractivity contribution is 5.76. The summed E-state index contributed by atoms with van der Waals surface area (Å²) < 4.78 is 1.67. The van der Waals surface area contributed by atoms with Crippen LogP contribution >= 0.6 is 0 Å². The zero-order valence-corrected chi connectivity index (χ0v) is 12.1. The van der Waals surface area contributed by atoms with Crippen LogP contribution in [0.3, 0.4) is 0 Å². The maximum atomic E-state index is 12.4. The third-order valence-electron chi connectivity index (χ3n) is 4.32. The molecule has 0 radical (unpaired) electrons. The fourth-order valence-electron chi connectivity index (χ4n) is 3.06. The number of fused-ring (bicyclic) bond motifs is 1. The number of aromatic nitrogens is 2. The lowest BCUT2D eigenvalue weighted by atomic mass is 10.0. The fraction of sp³-hybridized carbons (Fsp3) is 0.500. The van der Waals surface area contributed by atoms with Gasteiger partial charge in [0, 0.05) is 19.1 Å². The second-order valence-corrected chi connectivity index (χ2v) is 5.63. The number of likely N-dealkylation sites (tertiary alicyclic amines) is 1. The predicted octanol–water partition coefficient (Wildman–Crippen LogP) is 1.24. The smallest absolute Gasteiger partial charge is 0.261 e. The van der Waals surface area contributed by atoms with Crippen molar-refractivity contribution in [3.63, 3.8) is 0 Å². The first-order valence-electron chi connectivity index (χ1n) is 7.58. The van der Waals surface area contributed by atoms with E-state index in [1.807, 2.05) is 24.3 Å². The molecule has 1 N–H and O–H groups in total. The first kappa shape index (κ1) is 14.2. The van der Waals surface area contributed by atoms with Gasteiger partial charge < -0.3 is 5.11 Å². The molecule has 112 valence electrons. The molecule has 0 aliphatic carbocycles. The minimum atomic E-state index is 0.0122. The first-order chi connectivity index (χ1) is 10.3. The van der Waals surface area contributed by atoms with Gasteiger partial charge in [0.2, 0.25) is 0 Å². The van der Waals surface area contributed by atoms with Crippen LogP contribution in [0, 0.1) is 0 Å². The van der Waals surface area contributed by atoms with Gasteiger partial charge in [-0.05, 0) is 31.5 Å². The van der Waals surface area contributed by atoms with Gasteiger partial charge in [-0.25, -0.2) is 4.98 Å². The third-order valence-corrected chi connectivity index (χ3v) is 4.32. The van der Waals surface area contributed by atoms with Crippen molar-refractivity contribution in [1.29, 1.82) is 0 Å². The summed E-state index contributed by atoms with van der Waals surface area (Å²) in [4.78, 5) is 19.0. The lowest BCUT2D eigenvalue weighted by molar-refractivity contribution is 0.0869. The van der Waals surface area contributed by atoms with Gasteiger partial charge in [0.05, 0.1) is 23.8 Å². The molecule has 0 amide bonds. The summed E-state index contributed by atoms with van der Waals surface area (Å²) in [6.45, 7) is 2.60. The van der Waals surface area contributed by atoms with Gasteiger partial charge in [-0.15, -0.1) is 0 Å². The average Bonchev–Trinajstić information content (AvgIpc) is 2.55. The highest BCUT2D eigenvalue weighted by atomic mass is 16.3. The molecular formula is C16H21N3O2. The van der Waals surface area contributed by atoms with Crippen LogP contribution in [0.1, 0.15) is 19.3 Å². The van der Waals surface area contributed by atoms with Gasteiger partial charge in [0.1, 0.15) is 0 Å². The van der Waals surface area contributed by atoms with Crippen molar-refractivity contribution < 1.29 is 5.11 Å². The number of piperidine rings is 1. The summed E-state index contributed by atoms with van der Waals surface area (Å²) in [7, 11) is 0. The summed E-state index contributed by atoms with van der Waals surface area (Å²) >= 11 is 0. The molecule has 1 aromatic heterocycles. The highest BCUT2D eigenvalue weighted by Crippen LogP contribution is 2.16. The van der Waals surface area contributed by atoms with E-state index in [4.69, 9.17) is 0 Å². The van der Waals surface area contributed by atoms with E-state index in [1.54, 1.807) is 10.9 Å². The number of benzene rings is 1. The Morgan fingerprint density at radius 2 is 2.10 bits per heavy atom. The lowest BCUT2D eigenvalue weighted by Crippen LogP contribution is -2.44. The molecule has 1 aliphatic heterocycles. The second kappa shape index (κ2) is 6.37. The normalized spacial score (nSPS) is 20.0. The van der Waals surface area contributed by atoms with Crippen molar-refractivity contribution in [3.05, 3.63) is 40.9 Å². The van der Waals surface area contributed by atoms with E-state index < -0.39 is 0 Å². The first-order valence-corrected chi connectivity index (χ1v) is 7.58. The van der Waals surface area contributed by atoms with Crippen LogP contribution in [-0.4, -0.2) is 45.3 Å². The summed E-state index contributed by atoms with van der Waals surface area (Å²) in [6.07, 6.45) is 5.02. The number of hydrogen-bond donors (Lipinski definition) is 1. The van der Waals surface area contributed by atoms with E-state index >= 15 is 0 Å². The van der Waals surface area contributed by atoms with Gasteiger partial charge >= 0.3 is 0 Å². The summed E-state index contributed by atoms with van der Waals surface area (Å²) in [6, 6.07) is 7.66. The SMILES string of the molecule is O=c1c2ccccc2ncn1CCN1CCCC[C@H]1CO. The Kier molecular flexibility index (Phi) is 4.31. The molecule has 0 spiro atoms. The molecule has 5 heteroatoms. The second-order valence-electron chi connectivity index (χ2n) is 5.63. The van der Waals surface area contributed by atoms with Gasteiger partial charge in [0.15, 0.2) is 0 Å². The molecule has 0 bridgehead atoms. The zero-order valence-electron chi connectivity index (χ0n) is 12.1. The number of nitrogens with zero attached hydrogens (tertiary/aromatic N) is 3. The van der Waals surface area contributed by atoms with Crippen molar-refractivity contribution >= 4 is 10.9 Å². The molecule has 0 unspecified atom stereocenters. The molecule has 1 atom stereocenters. The van der Waals surface area contributed by atoms with E-state index in [9.17, 15) is 9.90 Å². The Labute approximate surface area is 123 Å². The molecule has 1 fully saturated rings. The number of para-hydroxylation sites is 1. The molecule has 21 heavy (non-hydrogen) atoms. The Hall–Kier alpha value is -1.72. The summed E-state index contributed by atoms with van der Waals surface area (Å²) in [5, 5.41) is 10.1. The topological polar surface area (TPSA) is 58.4 Å². The summed E-state index contributed by atoms with van der Waals surface area (Å²) in [5.41, 5.74) is 0.753. The van der Waals surface area contributed by atoms with Crippen molar-refractivity contribution in [2.24, 2.45) is 0 Å². The molecule has 1 saturated heterocycles. The highest BCUT2D eigenvalue weighted by Gasteiger charge is 2.21. The maximum Gasteiger partial charge on any atom is 0.261 e. The Balaban J connectivity index is 1.76. The summed E-state index contributed by atoms with van der Waals surface area (Å²) in [5.74, 6) is 0. The largest absolute Gasteiger partial charge is 0.395 e. The molecular weight excluding hydrogens is 266 g/mol. The van der Waals surface area contributed by atoms with Gasteiger partial charge in [-0.3, -0.25) is 14.3 Å². The minimum Gasteiger partial charge on any atom is -0.395 e. The number of aliphatic hydroxyl groups excluding tert-OH is 1. The fourth-order valence-corrected chi connectivity index (χ4v) is 3.06. The lowest BCUT2D eigenvalue weighted by Gasteiger charge is -2.34. The molecule has 2 aromatic rings. The van der Waals surface area contributed by atoms with Gasteiger partial charge in [-0.2, -0.15) is 0 Å². The van der Waals surface area contributed by atoms with Crippen LogP contribution in [0.25, 0.3) is 10.9 Å². The van der Waals surface area contributed by atoms with Gasteiger partial charge in [0.25, 0.3) is 5.56 Å².